The zero-order valence-corrected chi connectivity index (χ0v) is 12.6. The Bertz CT molecular complexity index is 511. The molecule has 1 heterocycles. The molecule has 1 aromatic carbocycles. The molecule has 2 N–H and O–H groups in total. The summed E-state index contributed by atoms with van der Waals surface area (Å²) < 4.78 is 10.8. The van der Waals surface area contributed by atoms with Crippen molar-refractivity contribution in [1.29, 1.82) is 0 Å². The van der Waals surface area contributed by atoms with Gasteiger partial charge in [-0.25, -0.2) is 0 Å². The summed E-state index contributed by atoms with van der Waals surface area (Å²) in [5.74, 6) is -0.643. The second-order valence-corrected chi connectivity index (χ2v) is 5.53. The van der Waals surface area contributed by atoms with E-state index in [4.69, 9.17) is 14.6 Å². The summed E-state index contributed by atoms with van der Waals surface area (Å²) in [7, 11) is 0. The lowest BCUT2D eigenvalue weighted by atomic mass is 9.86. The number of aliphatic carboxylic acids is 1. The van der Waals surface area contributed by atoms with Crippen molar-refractivity contribution in [3.8, 4) is 5.75 Å². The van der Waals surface area contributed by atoms with Gasteiger partial charge in [-0.3, -0.25) is 9.59 Å². The second-order valence-electron chi connectivity index (χ2n) is 5.53. The maximum Gasteiger partial charge on any atom is 0.305 e. The van der Waals surface area contributed by atoms with Crippen molar-refractivity contribution in [2.75, 3.05) is 13.2 Å². The minimum absolute atomic E-state index is 0.111. The van der Waals surface area contributed by atoms with Gasteiger partial charge in [0.15, 0.2) is 6.10 Å². The number of carbonyl (C=O) groups excluding carboxylic acids is 1. The average molecular weight is 307 g/mol. The van der Waals surface area contributed by atoms with Crippen molar-refractivity contribution in [2.45, 2.75) is 37.8 Å². The number of rotatable bonds is 6. The van der Waals surface area contributed by atoms with Crippen LogP contribution in [0.25, 0.3) is 0 Å². The maximum absolute atomic E-state index is 12.3. The topological polar surface area (TPSA) is 84.9 Å². The number of hydrogen-bond acceptors (Lipinski definition) is 4. The van der Waals surface area contributed by atoms with E-state index < -0.39 is 17.6 Å². The highest BCUT2D eigenvalue weighted by Gasteiger charge is 2.37. The molecule has 6 nitrogen and oxygen atoms in total. The number of para-hydroxylation sites is 1. The Morgan fingerprint density at radius 1 is 1.32 bits per heavy atom. The van der Waals surface area contributed by atoms with Crippen LogP contribution in [0.3, 0.4) is 0 Å². The van der Waals surface area contributed by atoms with Crippen LogP contribution in [0, 0.1) is 0 Å². The molecule has 1 fully saturated rings. The van der Waals surface area contributed by atoms with E-state index in [0.717, 1.165) is 0 Å². The fourth-order valence-electron chi connectivity index (χ4n) is 2.52. The van der Waals surface area contributed by atoms with Crippen molar-refractivity contribution in [3.05, 3.63) is 30.3 Å². The molecular weight excluding hydrogens is 286 g/mol. The minimum Gasteiger partial charge on any atom is -0.481 e. The standard InChI is InChI=1S/C16H21NO5/c1-12(22-13-5-3-2-4-6-13)15(20)17-16(11-14(18)19)7-9-21-10-8-16/h2-6,12H,7-11H2,1H3,(H,17,20)(H,18,19). The number of carbonyl (C=O) groups is 2. The molecule has 0 spiro atoms. The number of hydrogen-bond donors (Lipinski definition) is 2. The molecule has 1 saturated heterocycles. The van der Waals surface area contributed by atoms with Crippen LogP contribution in [0.4, 0.5) is 0 Å². The van der Waals surface area contributed by atoms with Gasteiger partial charge < -0.3 is 19.9 Å². The molecule has 1 aliphatic heterocycles. The summed E-state index contributed by atoms with van der Waals surface area (Å²) in [5.41, 5.74) is -0.754. The normalized spacial score (nSPS) is 18.2. The van der Waals surface area contributed by atoms with Gasteiger partial charge in [0.05, 0.1) is 12.0 Å². The molecular formula is C16H21NO5. The third-order valence-corrected chi connectivity index (χ3v) is 3.75. The monoisotopic (exact) mass is 307 g/mol. The highest BCUT2D eigenvalue weighted by molar-refractivity contribution is 5.82. The van der Waals surface area contributed by atoms with Crippen molar-refractivity contribution in [1.82, 2.24) is 5.32 Å². The first-order chi connectivity index (χ1) is 10.5. The van der Waals surface area contributed by atoms with Crippen LogP contribution in [0.2, 0.25) is 0 Å². The van der Waals surface area contributed by atoms with Gasteiger partial charge >= 0.3 is 5.97 Å². The van der Waals surface area contributed by atoms with Crippen LogP contribution < -0.4 is 10.1 Å². The van der Waals surface area contributed by atoms with Crippen LogP contribution >= 0.6 is 0 Å². The van der Waals surface area contributed by atoms with E-state index in [1.807, 2.05) is 18.2 Å². The smallest absolute Gasteiger partial charge is 0.305 e. The average Bonchev–Trinajstić information content (AvgIpc) is 2.48. The SMILES string of the molecule is CC(Oc1ccccc1)C(=O)NC1(CC(=O)O)CCOCC1. The first-order valence-electron chi connectivity index (χ1n) is 7.34. The van der Waals surface area contributed by atoms with Crippen LogP contribution in [0.1, 0.15) is 26.2 Å². The molecule has 0 aromatic heterocycles. The Morgan fingerprint density at radius 3 is 2.55 bits per heavy atom. The van der Waals surface area contributed by atoms with Crippen molar-refractivity contribution < 1.29 is 24.2 Å². The highest BCUT2D eigenvalue weighted by atomic mass is 16.5. The van der Waals surface area contributed by atoms with Gasteiger partial charge in [0, 0.05) is 13.2 Å². The minimum atomic E-state index is -0.932. The van der Waals surface area contributed by atoms with E-state index in [0.29, 0.717) is 31.8 Å². The predicted molar refractivity (Wildman–Crippen MR) is 79.7 cm³/mol. The van der Waals surface area contributed by atoms with Crippen LogP contribution in [0.15, 0.2) is 30.3 Å². The first kappa shape index (κ1) is 16.3. The number of benzene rings is 1. The number of amides is 1. The highest BCUT2D eigenvalue weighted by Crippen LogP contribution is 2.25. The van der Waals surface area contributed by atoms with Crippen LogP contribution in [-0.4, -0.2) is 41.8 Å². The number of nitrogens with one attached hydrogen (secondary N) is 1. The molecule has 0 saturated carbocycles. The summed E-state index contributed by atoms with van der Waals surface area (Å²) in [4.78, 5) is 23.4. The first-order valence-corrected chi connectivity index (χ1v) is 7.34. The lowest BCUT2D eigenvalue weighted by Crippen LogP contribution is -2.56. The number of carboxylic acids is 1. The van der Waals surface area contributed by atoms with Crippen molar-refractivity contribution in [3.63, 3.8) is 0 Å². The van der Waals surface area contributed by atoms with Crippen molar-refractivity contribution >= 4 is 11.9 Å². The molecule has 1 aliphatic rings. The van der Waals surface area contributed by atoms with E-state index in [9.17, 15) is 9.59 Å². The third kappa shape index (κ3) is 4.46. The van der Waals surface area contributed by atoms with Crippen molar-refractivity contribution in [2.24, 2.45) is 0 Å². The number of carboxylic acid groups (broad SMARTS) is 1. The lowest BCUT2D eigenvalue weighted by Gasteiger charge is -2.37. The maximum atomic E-state index is 12.3. The van der Waals surface area contributed by atoms with Gasteiger partial charge in [-0.1, -0.05) is 18.2 Å². The molecule has 1 atom stereocenters. The van der Waals surface area contributed by atoms with Gasteiger partial charge in [0.1, 0.15) is 5.75 Å². The van der Waals surface area contributed by atoms with E-state index in [-0.39, 0.29) is 12.3 Å². The van der Waals surface area contributed by atoms with Crippen LogP contribution in [-0.2, 0) is 14.3 Å². The third-order valence-electron chi connectivity index (χ3n) is 3.75. The van der Waals surface area contributed by atoms with E-state index in [1.165, 1.54) is 0 Å². The lowest BCUT2D eigenvalue weighted by molar-refractivity contribution is -0.141. The molecule has 22 heavy (non-hydrogen) atoms. The summed E-state index contributed by atoms with van der Waals surface area (Å²) in [5, 5.41) is 12.0. The molecule has 1 amide bonds. The Labute approximate surface area is 129 Å². The quantitative estimate of drug-likeness (QED) is 0.834. The molecule has 0 radical (unpaired) electrons. The zero-order valence-electron chi connectivity index (χ0n) is 12.6. The zero-order chi connectivity index (χ0) is 16.0. The molecule has 120 valence electrons. The van der Waals surface area contributed by atoms with E-state index in [2.05, 4.69) is 5.32 Å². The Kier molecular flexibility index (Phi) is 5.38. The van der Waals surface area contributed by atoms with Crippen LogP contribution in [0.5, 0.6) is 5.75 Å². The molecule has 0 bridgehead atoms. The summed E-state index contributed by atoms with van der Waals surface area (Å²) >= 11 is 0. The van der Waals surface area contributed by atoms with Gasteiger partial charge in [-0.2, -0.15) is 0 Å². The molecule has 1 unspecified atom stereocenters. The van der Waals surface area contributed by atoms with Gasteiger partial charge in [-0.15, -0.1) is 0 Å². The molecule has 1 aromatic rings. The fourth-order valence-corrected chi connectivity index (χ4v) is 2.52. The Balaban J connectivity index is 1.99. The predicted octanol–water partition coefficient (Wildman–Crippen LogP) is 1.59. The molecule has 2 rings (SSSR count). The van der Waals surface area contributed by atoms with Gasteiger partial charge in [0.25, 0.3) is 5.91 Å². The number of ether oxygens (including phenoxy) is 2. The fraction of sp³-hybridized carbons (Fsp3) is 0.500. The van der Waals surface area contributed by atoms with Gasteiger partial charge in [0.2, 0.25) is 0 Å². The van der Waals surface area contributed by atoms with E-state index in [1.54, 1.807) is 19.1 Å². The second kappa shape index (κ2) is 7.26. The Hall–Kier alpha value is -2.08. The molecule has 0 aliphatic carbocycles. The van der Waals surface area contributed by atoms with Gasteiger partial charge in [-0.05, 0) is 31.9 Å². The Morgan fingerprint density at radius 2 is 1.95 bits per heavy atom. The summed E-state index contributed by atoms with van der Waals surface area (Å²) in [6, 6.07) is 9.05. The van der Waals surface area contributed by atoms with E-state index >= 15 is 0 Å². The molecule has 6 heteroatoms. The summed E-state index contributed by atoms with van der Waals surface area (Å²) in [6.45, 7) is 2.54. The largest absolute Gasteiger partial charge is 0.481 e. The summed E-state index contributed by atoms with van der Waals surface area (Å²) in [6.07, 6.45) is 0.169.